The zero-order valence-corrected chi connectivity index (χ0v) is 11.1. The summed E-state index contributed by atoms with van der Waals surface area (Å²) in [6.45, 7) is 1.21. The van der Waals surface area contributed by atoms with Crippen molar-refractivity contribution < 1.29 is 0 Å². The predicted molar refractivity (Wildman–Crippen MR) is 74.7 cm³/mol. The molecule has 1 N–H and O–H groups in total. The van der Waals surface area contributed by atoms with E-state index in [-0.39, 0.29) is 0 Å². The van der Waals surface area contributed by atoms with E-state index in [4.69, 9.17) is 0 Å². The third-order valence-electron chi connectivity index (χ3n) is 3.62. The molecule has 2 rings (SSSR count). The van der Waals surface area contributed by atoms with Crippen molar-refractivity contribution in [1.82, 2.24) is 5.32 Å². The summed E-state index contributed by atoms with van der Waals surface area (Å²) in [5.41, 5.74) is 2.77. The molecule has 1 fully saturated rings. The topological polar surface area (TPSA) is 15.3 Å². The van der Waals surface area contributed by atoms with E-state index in [1.807, 2.05) is 0 Å². The monoisotopic (exact) mass is 232 g/mol. The highest BCUT2D eigenvalue weighted by molar-refractivity contribution is 5.47. The first-order chi connectivity index (χ1) is 8.25. The largest absolute Gasteiger partial charge is 0.378 e. The predicted octanol–water partition coefficient (Wildman–Crippen LogP) is 2.83. The SMILES string of the molecule is CN(C)c1cccc(CCC2CCCCN2)c1. The minimum absolute atomic E-state index is 0.742. The lowest BCUT2D eigenvalue weighted by Gasteiger charge is -2.23. The van der Waals surface area contributed by atoms with Crippen molar-refractivity contribution in [1.29, 1.82) is 0 Å². The fourth-order valence-corrected chi connectivity index (χ4v) is 2.50. The molecule has 94 valence electrons. The molecule has 0 radical (unpaired) electrons. The molecule has 17 heavy (non-hydrogen) atoms. The normalized spacial score (nSPS) is 20.2. The lowest BCUT2D eigenvalue weighted by atomic mass is 9.98. The van der Waals surface area contributed by atoms with Gasteiger partial charge >= 0.3 is 0 Å². The number of aryl methyl sites for hydroxylation is 1. The van der Waals surface area contributed by atoms with Crippen LogP contribution in [0.2, 0.25) is 0 Å². The van der Waals surface area contributed by atoms with Gasteiger partial charge in [-0.05, 0) is 49.9 Å². The maximum atomic E-state index is 3.62. The van der Waals surface area contributed by atoms with Gasteiger partial charge in [0.2, 0.25) is 0 Å². The molecule has 0 aromatic heterocycles. The first-order valence-corrected chi connectivity index (χ1v) is 6.75. The van der Waals surface area contributed by atoms with Gasteiger partial charge in [0.05, 0.1) is 0 Å². The Labute approximate surface area is 105 Å². The van der Waals surface area contributed by atoms with Crippen LogP contribution in [0.3, 0.4) is 0 Å². The van der Waals surface area contributed by atoms with Gasteiger partial charge in [0.1, 0.15) is 0 Å². The fraction of sp³-hybridized carbons (Fsp3) is 0.600. The number of hydrogen-bond donors (Lipinski definition) is 1. The number of nitrogens with one attached hydrogen (secondary N) is 1. The molecule has 1 aromatic rings. The van der Waals surface area contributed by atoms with Gasteiger partial charge in [-0.3, -0.25) is 0 Å². The van der Waals surface area contributed by atoms with E-state index in [2.05, 4.69) is 48.6 Å². The van der Waals surface area contributed by atoms with Crippen LogP contribution in [-0.2, 0) is 6.42 Å². The second-order valence-electron chi connectivity index (χ2n) is 5.25. The molecule has 0 saturated carbocycles. The van der Waals surface area contributed by atoms with Gasteiger partial charge in [0, 0.05) is 25.8 Å². The number of anilines is 1. The van der Waals surface area contributed by atoms with E-state index in [0.717, 1.165) is 6.04 Å². The first kappa shape index (κ1) is 12.4. The minimum atomic E-state index is 0.742. The van der Waals surface area contributed by atoms with Crippen molar-refractivity contribution in [3.8, 4) is 0 Å². The van der Waals surface area contributed by atoms with Crippen LogP contribution in [0.1, 0.15) is 31.2 Å². The summed E-state index contributed by atoms with van der Waals surface area (Å²) in [5, 5.41) is 3.62. The van der Waals surface area contributed by atoms with Crippen LogP contribution < -0.4 is 10.2 Å². The van der Waals surface area contributed by atoms with Crippen LogP contribution in [0.5, 0.6) is 0 Å². The van der Waals surface area contributed by atoms with Crippen molar-refractivity contribution >= 4 is 5.69 Å². The molecule has 1 aliphatic rings. The van der Waals surface area contributed by atoms with Gasteiger partial charge in [-0.2, -0.15) is 0 Å². The van der Waals surface area contributed by atoms with Crippen molar-refractivity contribution in [3.63, 3.8) is 0 Å². The number of benzene rings is 1. The molecule has 1 saturated heterocycles. The molecule has 2 heteroatoms. The molecule has 1 heterocycles. The zero-order valence-electron chi connectivity index (χ0n) is 11.1. The van der Waals surface area contributed by atoms with E-state index in [9.17, 15) is 0 Å². The Balaban J connectivity index is 1.87. The minimum Gasteiger partial charge on any atom is -0.378 e. The van der Waals surface area contributed by atoms with Crippen LogP contribution in [0, 0.1) is 0 Å². The first-order valence-electron chi connectivity index (χ1n) is 6.75. The fourth-order valence-electron chi connectivity index (χ4n) is 2.50. The van der Waals surface area contributed by atoms with E-state index in [0.29, 0.717) is 0 Å². The molecule has 2 nitrogen and oxygen atoms in total. The van der Waals surface area contributed by atoms with Crippen LogP contribution >= 0.6 is 0 Å². The van der Waals surface area contributed by atoms with E-state index in [1.165, 1.54) is 49.9 Å². The van der Waals surface area contributed by atoms with Gasteiger partial charge in [0.25, 0.3) is 0 Å². The smallest absolute Gasteiger partial charge is 0.0363 e. The molecule has 0 amide bonds. The lowest BCUT2D eigenvalue weighted by Crippen LogP contribution is -2.34. The highest BCUT2D eigenvalue weighted by Crippen LogP contribution is 2.17. The van der Waals surface area contributed by atoms with Gasteiger partial charge in [-0.25, -0.2) is 0 Å². The molecule has 1 atom stereocenters. The second-order valence-corrected chi connectivity index (χ2v) is 5.25. The molecule has 1 aromatic carbocycles. The summed E-state index contributed by atoms with van der Waals surface area (Å²) in [6, 6.07) is 9.63. The molecular formula is C15H24N2. The van der Waals surface area contributed by atoms with Crippen LogP contribution in [0.15, 0.2) is 24.3 Å². The summed E-state index contributed by atoms with van der Waals surface area (Å²) in [5.74, 6) is 0. The summed E-state index contributed by atoms with van der Waals surface area (Å²) in [6.07, 6.45) is 6.58. The van der Waals surface area contributed by atoms with E-state index < -0.39 is 0 Å². The maximum absolute atomic E-state index is 3.62. The second kappa shape index (κ2) is 6.06. The summed E-state index contributed by atoms with van der Waals surface area (Å²) < 4.78 is 0. The molecule has 0 bridgehead atoms. The maximum Gasteiger partial charge on any atom is 0.0363 e. The average molecular weight is 232 g/mol. The summed E-state index contributed by atoms with van der Waals surface area (Å²) in [4.78, 5) is 2.17. The number of piperidine rings is 1. The highest BCUT2D eigenvalue weighted by Gasteiger charge is 2.12. The zero-order chi connectivity index (χ0) is 12.1. The van der Waals surface area contributed by atoms with Crippen molar-refractivity contribution in [3.05, 3.63) is 29.8 Å². The van der Waals surface area contributed by atoms with Gasteiger partial charge < -0.3 is 10.2 Å². The average Bonchev–Trinajstić information content (AvgIpc) is 2.38. The summed E-state index contributed by atoms with van der Waals surface area (Å²) >= 11 is 0. The van der Waals surface area contributed by atoms with E-state index in [1.54, 1.807) is 0 Å². The van der Waals surface area contributed by atoms with Gasteiger partial charge in [-0.1, -0.05) is 18.6 Å². The quantitative estimate of drug-likeness (QED) is 0.858. The Hall–Kier alpha value is -1.02. The van der Waals surface area contributed by atoms with Crippen molar-refractivity contribution in [2.24, 2.45) is 0 Å². The Kier molecular flexibility index (Phi) is 4.43. The van der Waals surface area contributed by atoms with Gasteiger partial charge in [0.15, 0.2) is 0 Å². The number of hydrogen-bond acceptors (Lipinski definition) is 2. The lowest BCUT2D eigenvalue weighted by molar-refractivity contribution is 0.383. The van der Waals surface area contributed by atoms with Crippen LogP contribution in [0.25, 0.3) is 0 Å². The standard InChI is InChI=1S/C15H24N2/c1-17(2)15-8-5-6-13(12-15)9-10-14-7-3-4-11-16-14/h5-6,8,12,14,16H,3-4,7,9-11H2,1-2H3. The Morgan fingerprint density at radius 1 is 1.29 bits per heavy atom. The van der Waals surface area contributed by atoms with Crippen molar-refractivity contribution in [2.45, 2.75) is 38.1 Å². The number of nitrogens with zero attached hydrogens (tertiary/aromatic N) is 1. The van der Waals surface area contributed by atoms with E-state index >= 15 is 0 Å². The summed E-state index contributed by atoms with van der Waals surface area (Å²) in [7, 11) is 4.20. The molecular weight excluding hydrogens is 208 g/mol. The molecule has 1 aliphatic heterocycles. The van der Waals surface area contributed by atoms with Crippen LogP contribution in [0.4, 0.5) is 5.69 Å². The third kappa shape index (κ3) is 3.74. The van der Waals surface area contributed by atoms with Gasteiger partial charge in [-0.15, -0.1) is 0 Å². The Morgan fingerprint density at radius 3 is 2.88 bits per heavy atom. The molecule has 0 aliphatic carbocycles. The van der Waals surface area contributed by atoms with Crippen molar-refractivity contribution in [2.75, 3.05) is 25.5 Å². The molecule has 0 spiro atoms. The van der Waals surface area contributed by atoms with Crippen LogP contribution in [-0.4, -0.2) is 26.7 Å². The third-order valence-corrected chi connectivity index (χ3v) is 3.62. The molecule has 1 unspecified atom stereocenters. The highest BCUT2D eigenvalue weighted by atomic mass is 15.1. The Bertz CT molecular complexity index is 341. The number of rotatable bonds is 4. The Morgan fingerprint density at radius 2 is 2.18 bits per heavy atom.